The molecule has 12 heteroatoms. The van der Waals surface area contributed by atoms with E-state index in [-0.39, 0.29) is 25.3 Å². The van der Waals surface area contributed by atoms with Gasteiger partial charge in [0.15, 0.2) is 6.04 Å². The van der Waals surface area contributed by atoms with Crippen molar-refractivity contribution >= 4 is 29.9 Å². The Labute approximate surface area is 249 Å². The highest BCUT2D eigenvalue weighted by atomic mass is 16.6. The first-order valence-electron chi connectivity index (χ1n) is 13.3. The molecule has 43 heavy (non-hydrogen) atoms. The first kappa shape index (κ1) is 32.3. The van der Waals surface area contributed by atoms with Crippen molar-refractivity contribution in [2.45, 2.75) is 52.0 Å². The molecule has 3 aromatic carbocycles. The van der Waals surface area contributed by atoms with Gasteiger partial charge in [0.1, 0.15) is 24.6 Å². The largest absolute Gasteiger partial charge is 0.495 e. The molecule has 0 aliphatic rings. The molecule has 12 nitrogen and oxygen atoms in total. The Hall–Kier alpha value is -5.26. The maximum Gasteiger partial charge on any atom is 0.429 e. The molecule has 0 aliphatic carbocycles. The number of rotatable bonds is 10. The minimum Gasteiger partial charge on any atom is -0.495 e. The highest BCUT2D eigenvalue weighted by Crippen LogP contribution is 2.27. The number of aliphatic carboxylic acids is 1. The lowest BCUT2D eigenvalue weighted by molar-refractivity contribution is -0.143. The smallest absolute Gasteiger partial charge is 0.429 e. The van der Waals surface area contributed by atoms with Crippen LogP contribution in [0.25, 0.3) is 0 Å². The van der Waals surface area contributed by atoms with Crippen LogP contribution in [0.1, 0.15) is 37.5 Å². The fourth-order valence-electron chi connectivity index (χ4n) is 3.80. The van der Waals surface area contributed by atoms with Crippen LogP contribution in [0, 0.1) is 0 Å². The van der Waals surface area contributed by atoms with E-state index < -0.39 is 35.9 Å². The number of carboxylic acids is 1. The zero-order chi connectivity index (χ0) is 31.4. The standard InChI is InChI=1S/C31H35N3O9/c1-31(2,3)43-28(37)32-24-17-23(15-16-26(24)40-4)18-25(27(35)36)34(30(39)42-20-22-13-9-6-10-14-22)33-29(38)41-19-21-11-7-5-8-12-21/h5-17,25H,18-20H2,1-4H3,(H,32,37)(H,33,38)(H,35,36)/t25-/m0/s1. The molecule has 0 radical (unpaired) electrons. The third-order valence-electron chi connectivity index (χ3n) is 5.75. The predicted octanol–water partition coefficient (Wildman–Crippen LogP) is 5.52. The van der Waals surface area contributed by atoms with Gasteiger partial charge < -0.3 is 24.1 Å². The summed E-state index contributed by atoms with van der Waals surface area (Å²) in [6, 6.07) is 20.5. The summed E-state index contributed by atoms with van der Waals surface area (Å²) < 4.78 is 21.2. The van der Waals surface area contributed by atoms with E-state index in [0.717, 1.165) is 0 Å². The van der Waals surface area contributed by atoms with Crippen molar-refractivity contribution in [1.29, 1.82) is 0 Å². The Morgan fingerprint density at radius 2 is 1.40 bits per heavy atom. The Morgan fingerprint density at radius 3 is 1.93 bits per heavy atom. The lowest BCUT2D eigenvalue weighted by Gasteiger charge is -2.28. The van der Waals surface area contributed by atoms with Crippen LogP contribution in [-0.2, 0) is 38.6 Å². The van der Waals surface area contributed by atoms with Crippen LogP contribution < -0.4 is 15.5 Å². The van der Waals surface area contributed by atoms with Gasteiger partial charge >= 0.3 is 24.2 Å². The van der Waals surface area contributed by atoms with Gasteiger partial charge in [-0.3, -0.25) is 5.32 Å². The lowest BCUT2D eigenvalue weighted by atomic mass is 10.0. The van der Waals surface area contributed by atoms with Gasteiger partial charge in [0, 0.05) is 6.42 Å². The summed E-state index contributed by atoms with van der Waals surface area (Å²) in [6.45, 7) is 4.84. The molecule has 0 aromatic heterocycles. The van der Waals surface area contributed by atoms with E-state index in [1.54, 1.807) is 87.5 Å². The van der Waals surface area contributed by atoms with Crippen LogP contribution in [-0.4, -0.2) is 53.1 Å². The predicted molar refractivity (Wildman–Crippen MR) is 156 cm³/mol. The van der Waals surface area contributed by atoms with Gasteiger partial charge in [0.25, 0.3) is 0 Å². The van der Waals surface area contributed by atoms with E-state index in [9.17, 15) is 24.3 Å². The summed E-state index contributed by atoms with van der Waals surface area (Å²) in [5.41, 5.74) is 3.41. The monoisotopic (exact) mass is 593 g/mol. The Kier molecular flexibility index (Phi) is 11.3. The van der Waals surface area contributed by atoms with Crippen molar-refractivity contribution in [2.24, 2.45) is 0 Å². The third-order valence-corrected chi connectivity index (χ3v) is 5.75. The molecule has 3 rings (SSSR count). The normalized spacial score (nSPS) is 11.4. The van der Waals surface area contributed by atoms with E-state index in [0.29, 0.717) is 27.4 Å². The number of nitrogens with one attached hydrogen (secondary N) is 2. The summed E-state index contributed by atoms with van der Waals surface area (Å²) >= 11 is 0. The second kappa shape index (κ2) is 15.1. The molecular weight excluding hydrogens is 558 g/mol. The van der Waals surface area contributed by atoms with Crippen molar-refractivity contribution in [3.05, 3.63) is 95.6 Å². The van der Waals surface area contributed by atoms with Gasteiger partial charge in [0.2, 0.25) is 0 Å². The Balaban J connectivity index is 1.83. The first-order valence-corrected chi connectivity index (χ1v) is 13.3. The number of nitrogens with zero attached hydrogens (tertiary/aromatic N) is 1. The van der Waals surface area contributed by atoms with Crippen molar-refractivity contribution in [1.82, 2.24) is 10.4 Å². The molecule has 0 saturated heterocycles. The summed E-state index contributed by atoms with van der Waals surface area (Å²) in [4.78, 5) is 50.8. The van der Waals surface area contributed by atoms with Crippen LogP contribution in [0.15, 0.2) is 78.9 Å². The van der Waals surface area contributed by atoms with Crippen LogP contribution in [0.4, 0.5) is 20.1 Å². The summed E-state index contributed by atoms with van der Waals surface area (Å²) in [6.07, 6.45) is -3.21. The fourth-order valence-corrected chi connectivity index (χ4v) is 3.80. The van der Waals surface area contributed by atoms with Crippen molar-refractivity contribution in [2.75, 3.05) is 12.4 Å². The summed E-state index contributed by atoms with van der Waals surface area (Å²) in [5.74, 6) is -1.14. The van der Waals surface area contributed by atoms with E-state index >= 15 is 0 Å². The molecule has 3 aromatic rings. The molecular formula is C31H35N3O9. The molecule has 0 spiro atoms. The number of benzene rings is 3. The number of anilines is 1. The second-order valence-electron chi connectivity index (χ2n) is 10.3. The number of carboxylic acid groups (broad SMARTS) is 1. The van der Waals surface area contributed by atoms with Gasteiger partial charge in [-0.25, -0.2) is 29.6 Å². The number of hydrogen-bond donors (Lipinski definition) is 3. The van der Waals surface area contributed by atoms with Crippen molar-refractivity contribution in [3.63, 3.8) is 0 Å². The van der Waals surface area contributed by atoms with E-state index in [4.69, 9.17) is 18.9 Å². The number of carbonyl (C=O) groups is 4. The minimum atomic E-state index is -1.63. The first-order chi connectivity index (χ1) is 20.4. The number of carbonyl (C=O) groups excluding carboxylic acids is 3. The Bertz CT molecular complexity index is 1390. The molecule has 3 amide bonds. The number of amides is 3. The molecule has 0 saturated carbocycles. The minimum absolute atomic E-state index is 0.116. The van der Waals surface area contributed by atoms with Gasteiger partial charge in [-0.1, -0.05) is 66.7 Å². The van der Waals surface area contributed by atoms with E-state index in [1.165, 1.54) is 19.2 Å². The average Bonchev–Trinajstić information content (AvgIpc) is 2.96. The maximum absolute atomic E-state index is 13.2. The highest BCUT2D eigenvalue weighted by molar-refractivity contribution is 5.87. The van der Waals surface area contributed by atoms with E-state index in [2.05, 4.69) is 10.7 Å². The fraction of sp³-hybridized carbons (Fsp3) is 0.290. The third kappa shape index (κ3) is 10.6. The molecule has 0 aliphatic heterocycles. The quantitative estimate of drug-likeness (QED) is 0.204. The topological polar surface area (TPSA) is 153 Å². The van der Waals surface area contributed by atoms with Crippen molar-refractivity contribution < 1.29 is 43.2 Å². The molecule has 0 bridgehead atoms. The van der Waals surface area contributed by atoms with Crippen LogP contribution >= 0.6 is 0 Å². The second-order valence-corrected chi connectivity index (χ2v) is 10.3. The van der Waals surface area contributed by atoms with Crippen LogP contribution in [0.3, 0.4) is 0 Å². The number of ether oxygens (including phenoxy) is 4. The lowest BCUT2D eigenvalue weighted by Crippen LogP contribution is -2.56. The molecule has 228 valence electrons. The van der Waals surface area contributed by atoms with Gasteiger partial charge in [-0.05, 0) is 49.6 Å². The van der Waals surface area contributed by atoms with Crippen LogP contribution in [0.5, 0.6) is 5.75 Å². The zero-order valence-electron chi connectivity index (χ0n) is 24.4. The Morgan fingerprint density at radius 1 is 0.814 bits per heavy atom. The number of hydrazine groups is 1. The number of methoxy groups -OCH3 is 1. The average molecular weight is 594 g/mol. The number of hydrogen-bond acceptors (Lipinski definition) is 8. The highest BCUT2D eigenvalue weighted by Gasteiger charge is 2.34. The summed E-state index contributed by atoms with van der Waals surface area (Å²) in [5, 5.41) is 13.3. The SMILES string of the molecule is COc1ccc(C[C@@H](C(=O)O)N(NC(=O)OCc2ccccc2)C(=O)OCc2ccccc2)cc1NC(=O)OC(C)(C)C. The van der Waals surface area contributed by atoms with Crippen LogP contribution in [0.2, 0.25) is 0 Å². The molecule has 0 fully saturated rings. The molecule has 3 N–H and O–H groups in total. The maximum atomic E-state index is 13.2. The van der Waals surface area contributed by atoms with E-state index in [1.807, 2.05) is 0 Å². The molecule has 0 heterocycles. The van der Waals surface area contributed by atoms with Gasteiger partial charge in [-0.15, -0.1) is 0 Å². The van der Waals surface area contributed by atoms with Gasteiger partial charge in [-0.2, -0.15) is 0 Å². The zero-order valence-corrected chi connectivity index (χ0v) is 24.4. The summed E-state index contributed by atoms with van der Waals surface area (Å²) in [7, 11) is 1.41. The molecule has 0 unspecified atom stereocenters. The molecule has 1 atom stereocenters. The van der Waals surface area contributed by atoms with Gasteiger partial charge in [0.05, 0.1) is 12.8 Å². The van der Waals surface area contributed by atoms with Crippen molar-refractivity contribution in [3.8, 4) is 5.75 Å².